The van der Waals surface area contributed by atoms with Crippen LogP contribution in [0.2, 0.25) is 0 Å². The van der Waals surface area contributed by atoms with Gasteiger partial charge in [0.05, 0.1) is 18.3 Å². The van der Waals surface area contributed by atoms with Gasteiger partial charge in [-0.2, -0.15) is 0 Å². The number of ketones is 1. The van der Waals surface area contributed by atoms with Crippen LogP contribution < -0.4 is 10.1 Å². The quantitative estimate of drug-likeness (QED) is 0.687. The second-order valence-electron chi connectivity index (χ2n) is 6.44. The van der Waals surface area contributed by atoms with Crippen molar-refractivity contribution in [1.29, 1.82) is 0 Å². The number of ether oxygens (including phenoxy) is 1. The maximum atomic E-state index is 12.0. The standard InChI is InChI=1S/C21H18N2O3S/c1-13(24)17-4-2-3-5-18(17)14-6-7-19-15(8-14)9-16(26-19)10-23-21(25)20-11-22-12-27-20/h2-8,11-12,16H,9-10H2,1H3,(H,23,25). The summed E-state index contributed by atoms with van der Waals surface area (Å²) in [5.74, 6) is 0.746. The summed E-state index contributed by atoms with van der Waals surface area (Å²) in [7, 11) is 0. The summed E-state index contributed by atoms with van der Waals surface area (Å²) in [6.07, 6.45) is 2.17. The third-order valence-corrected chi connectivity index (χ3v) is 5.34. The molecular weight excluding hydrogens is 360 g/mol. The van der Waals surface area contributed by atoms with Crippen LogP contribution in [0.15, 0.2) is 54.2 Å². The van der Waals surface area contributed by atoms with E-state index in [1.165, 1.54) is 11.3 Å². The zero-order chi connectivity index (χ0) is 18.8. The molecule has 1 aromatic heterocycles. The molecule has 0 bridgehead atoms. The number of carbonyl (C=O) groups excluding carboxylic acids is 2. The first-order chi connectivity index (χ1) is 13.1. The van der Waals surface area contributed by atoms with Crippen LogP contribution in [0.3, 0.4) is 0 Å². The lowest BCUT2D eigenvalue weighted by Gasteiger charge is -2.11. The molecule has 0 radical (unpaired) electrons. The van der Waals surface area contributed by atoms with E-state index in [4.69, 9.17) is 4.74 Å². The van der Waals surface area contributed by atoms with Crippen molar-refractivity contribution in [2.24, 2.45) is 0 Å². The number of benzene rings is 2. The number of hydrogen-bond acceptors (Lipinski definition) is 5. The number of Topliss-reactive ketones (excluding diaryl/α,β-unsaturated/α-hetero) is 1. The van der Waals surface area contributed by atoms with E-state index in [1.54, 1.807) is 18.6 Å². The Hall–Kier alpha value is -2.99. The number of nitrogens with one attached hydrogen (secondary N) is 1. The molecule has 0 saturated carbocycles. The minimum Gasteiger partial charge on any atom is -0.488 e. The Morgan fingerprint density at radius 3 is 2.89 bits per heavy atom. The van der Waals surface area contributed by atoms with Crippen LogP contribution in [-0.2, 0) is 6.42 Å². The summed E-state index contributed by atoms with van der Waals surface area (Å²) < 4.78 is 5.95. The molecule has 0 spiro atoms. The minimum atomic E-state index is -0.131. The maximum Gasteiger partial charge on any atom is 0.263 e. The van der Waals surface area contributed by atoms with Gasteiger partial charge in [-0.1, -0.05) is 30.3 Å². The van der Waals surface area contributed by atoms with Crippen LogP contribution in [0.5, 0.6) is 5.75 Å². The highest BCUT2D eigenvalue weighted by Gasteiger charge is 2.24. The highest BCUT2D eigenvalue weighted by atomic mass is 32.1. The number of nitrogens with zero attached hydrogens (tertiary/aromatic N) is 1. The molecule has 1 aliphatic heterocycles. The van der Waals surface area contributed by atoms with Gasteiger partial charge in [-0.3, -0.25) is 14.6 Å². The van der Waals surface area contributed by atoms with Crippen LogP contribution in [0.1, 0.15) is 32.5 Å². The predicted octanol–water partition coefficient (Wildman–Crippen LogP) is 3.75. The number of carbonyl (C=O) groups is 2. The van der Waals surface area contributed by atoms with Crippen LogP contribution in [0.4, 0.5) is 0 Å². The highest BCUT2D eigenvalue weighted by molar-refractivity contribution is 7.11. The smallest absolute Gasteiger partial charge is 0.263 e. The monoisotopic (exact) mass is 378 g/mol. The normalized spacial score (nSPS) is 15.1. The van der Waals surface area contributed by atoms with Gasteiger partial charge in [-0.05, 0) is 35.7 Å². The lowest BCUT2D eigenvalue weighted by atomic mass is 9.95. The second kappa shape index (κ2) is 7.32. The van der Waals surface area contributed by atoms with Crippen LogP contribution in [0, 0.1) is 0 Å². The summed E-state index contributed by atoms with van der Waals surface area (Å²) in [6.45, 7) is 2.02. The molecule has 2 aromatic carbocycles. The summed E-state index contributed by atoms with van der Waals surface area (Å²) in [4.78, 5) is 28.5. The first kappa shape index (κ1) is 17.4. The Morgan fingerprint density at radius 1 is 1.26 bits per heavy atom. The van der Waals surface area contributed by atoms with Crippen molar-refractivity contribution in [2.45, 2.75) is 19.4 Å². The van der Waals surface area contributed by atoms with Crippen LogP contribution in [0.25, 0.3) is 11.1 Å². The Bertz CT molecular complexity index is 998. The molecule has 1 atom stereocenters. The van der Waals surface area contributed by atoms with Crippen molar-refractivity contribution < 1.29 is 14.3 Å². The van der Waals surface area contributed by atoms with E-state index in [0.29, 0.717) is 23.4 Å². The molecule has 0 fully saturated rings. The highest BCUT2D eigenvalue weighted by Crippen LogP contribution is 2.34. The third-order valence-electron chi connectivity index (χ3n) is 4.57. The van der Waals surface area contributed by atoms with Crippen molar-refractivity contribution in [3.63, 3.8) is 0 Å². The van der Waals surface area contributed by atoms with Crippen LogP contribution >= 0.6 is 11.3 Å². The van der Waals surface area contributed by atoms with E-state index in [-0.39, 0.29) is 17.8 Å². The summed E-state index contributed by atoms with van der Waals surface area (Å²) in [5, 5.41) is 2.89. The van der Waals surface area contributed by atoms with E-state index in [1.807, 2.05) is 36.4 Å². The molecule has 136 valence electrons. The summed E-state index contributed by atoms with van der Waals surface area (Å²) in [5.41, 5.74) is 5.36. The minimum absolute atomic E-state index is 0.0472. The SMILES string of the molecule is CC(=O)c1ccccc1-c1ccc2c(c1)CC(CNC(=O)c1cncs1)O2. The fourth-order valence-electron chi connectivity index (χ4n) is 3.27. The van der Waals surface area contributed by atoms with Gasteiger partial charge < -0.3 is 10.1 Å². The first-order valence-corrected chi connectivity index (χ1v) is 9.56. The number of hydrogen-bond donors (Lipinski definition) is 1. The first-order valence-electron chi connectivity index (χ1n) is 8.68. The number of amides is 1. The maximum absolute atomic E-state index is 12.0. The van der Waals surface area contributed by atoms with Gasteiger partial charge in [-0.25, -0.2) is 0 Å². The topological polar surface area (TPSA) is 68.3 Å². The summed E-state index contributed by atoms with van der Waals surface area (Å²) >= 11 is 1.31. The average Bonchev–Trinajstić information content (AvgIpc) is 3.35. The Morgan fingerprint density at radius 2 is 2.11 bits per heavy atom. The third kappa shape index (κ3) is 3.61. The molecule has 3 aromatic rings. The molecule has 6 heteroatoms. The Kier molecular flexibility index (Phi) is 4.73. The van der Waals surface area contributed by atoms with Gasteiger partial charge in [-0.15, -0.1) is 11.3 Å². The molecular formula is C21H18N2O3S. The molecule has 0 saturated heterocycles. The zero-order valence-electron chi connectivity index (χ0n) is 14.8. The molecule has 1 amide bonds. The Labute approximate surface area is 161 Å². The van der Waals surface area contributed by atoms with Gasteiger partial charge in [0.15, 0.2) is 5.78 Å². The van der Waals surface area contributed by atoms with Crippen molar-refractivity contribution in [3.8, 4) is 16.9 Å². The van der Waals surface area contributed by atoms with Crippen molar-refractivity contribution >= 4 is 23.0 Å². The molecule has 4 rings (SSSR count). The van der Waals surface area contributed by atoms with Crippen molar-refractivity contribution in [1.82, 2.24) is 10.3 Å². The van der Waals surface area contributed by atoms with E-state index < -0.39 is 0 Å². The number of fused-ring (bicyclic) bond motifs is 1. The van der Waals surface area contributed by atoms with Gasteiger partial charge in [0, 0.05) is 12.0 Å². The number of thiazole rings is 1. The van der Waals surface area contributed by atoms with E-state index >= 15 is 0 Å². The van der Waals surface area contributed by atoms with Crippen LogP contribution in [-0.4, -0.2) is 29.3 Å². The van der Waals surface area contributed by atoms with E-state index in [2.05, 4.69) is 16.4 Å². The lowest BCUT2D eigenvalue weighted by molar-refractivity contribution is 0.0936. The van der Waals surface area contributed by atoms with Gasteiger partial charge >= 0.3 is 0 Å². The number of rotatable bonds is 5. The Balaban J connectivity index is 1.48. The van der Waals surface area contributed by atoms with E-state index in [0.717, 1.165) is 22.4 Å². The summed E-state index contributed by atoms with van der Waals surface area (Å²) in [6, 6.07) is 13.6. The molecule has 27 heavy (non-hydrogen) atoms. The van der Waals surface area contributed by atoms with E-state index in [9.17, 15) is 9.59 Å². The second-order valence-corrected chi connectivity index (χ2v) is 7.33. The molecule has 5 nitrogen and oxygen atoms in total. The number of aromatic nitrogens is 1. The van der Waals surface area contributed by atoms with Crippen molar-refractivity contribution in [2.75, 3.05) is 6.54 Å². The largest absolute Gasteiger partial charge is 0.488 e. The molecule has 1 unspecified atom stereocenters. The zero-order valence-corrected chi connectivity index (χ0v) is 15.6. The van der Waals surface area contributed by atoms with Gasteiger partial charge in [0.2, 0.25) is 0 Å². The molecule has 2 heterocycles. The van der Waals surface area contributed by atoms with Gasteiger partial charge in [0.1, 0.15) is 16.7 Å². The molecule has 1 N–H and O–H groups in total. The fourth-order valence-corrected chi connectivity index (χ4v) is 3.80. The van der Waals surface area contributed by atoms with Gasteiger partial charge in [0.25, 0.3) is 5.91 Å². The predicted molar refractivity (Wildman–Crippen MR) is 104 cm³/mol. The average molecular weight is 378 g/mol. The lowest BCUT2D eigenvalue weighted by Crippen LogP contribution is -2.34. The van der Waals surface area contributed by atoms with Crippen molar-refractivity contribution in [3.05, 3.63) is 70.2 Å². The molecule has 1 aliphatic rings. The molecule has 0 aliphatic carbocycles. The fraction of sp³-hybridized carbons (Fsp3) is 0.190.